The summed E-state index contributed by atoms with van der Waals surface area (Å²) in [6.07, 6.45) is 5.33. The first kappa shape index (κ1) is 17.1. The minimum atomic E-state index is -0.171. The Kier molecular flexibility index (Phi) is 3.50. The summed E-state index contributed by atoms with van der Waals surface area (Å²) in [5, 5.41) is 0. The Morgan fingerprint density at radius 1 is 1.08 bits per heavy atom. The standard InChI is InChI=1S/C23H32O2/c1-14-11-16(25-6)12-15-13-18-22(4)10-8-19(24)21(2,3)17(22)7-9-23(18,5)20(14)15/h11-12,17-18H,7-10,13H2,1-6H3. The Balaban J connectivity index is 1.83. The van der Waals surface area contributed by atoms with E-state index in [2.05, 4.69) is 46.8 Å². The van der Waals surface area contributed by atoms with E-state index < -0.39 is 0 Å². The zero-order valence-corrected chi connectivity index (χ0v) is 16.7. The van der Waals surface area contributed by atoms with Crippen LogP contribution in [0.15, 0.2) is 12.1 Å². The van der Waals surface area contributed by atoms with E-state index in [4.69, 9.17) is 4.74 Å². The van der Waals surface area contributed by atoms with E-state index in [0.717, 1.165) is 25.0 Å². The molecule has 136 valence electrons. The van der Waals surface area contributed by atoms with E-state index in [1.807, 2.05) is 0 Å². The Bertz CT molecular complexity index is 747. The molecule has 1 aromatic rings. The number of hydrogen-bond acceptors (Lipinski definition) is 2. The molecule has 2 nitrogen and oxygen atoms in total. The highest BCUT2D eigenvalue weighted by Crippen LogP contribution is 2.67. The van der Waals surface area contributed by atoms with Crippen molar-refractivity contribution < 1.29 is 9.53 Å². The molecule has 0 bridgehead atoms. The molecule has 4 atom stereocenters. The van der Waals surface area contributed by atoms with Crippen molar-refractivity contribution in [2.45, 2.75) is 72.1 Å². The Hall–Kier alpha value is -1.31. The molecule has 0 aromatic heterocycles. The van der Waals surface area contributed by atoms with Gasteiger partial charge in [0.2, 0.25) is 0 Å². The zero-order valence-electron chi connectivity index (χ0n) is 16.7. The van der Waals surface area contributed by atoms with Gasteiger partial charge in [0.15, 0.2) is 0 Å². The van der Waals surface area contributed by atoms with Crippen molar-refractivity contribution >= 4 is 5.78 Å². The largest absolute Gasteiger partial charge is 0.497 e. The molecule has 0 spiro atoms. The van der Waals surface area contributed by atoms with Gasteiger partial charge in [0.05, 0.1) is 7.11 Å². The molecular weight excluding hydrogens is 308 g/mol. The van der Waals surface area contributed by atoms with Crippen LogP contribution in [0.4, 0.5) is 0 Å². The van der Waals surface area contributed by atoms with Crippen LogP contribution in [-0.2, 0) is 16.6 Å². The first-order chi connectivity index (χ1) is 11.6. The smallest absolute Gasteiger partial charge is 0.138 e. The van der Waals surface area contributed by atoms with Crippen LogP contribution in [0.25, 0.3) is 0 Å². The molecule has 4 rings (SSSR count). The van der Waals surface area contributed by atoms with Crippen LogP contribution >= 0.6 is 0 Å². The summed E-state index contributed by atoms with van der Waals surface area (Å²) in [6.45, 7) is 11.6. The van der Waals surface area contributed by atoms with E-state index in [9.17, 15) is 4.79 Å². The van der Waals surface area contributed by atoms with Gasteiger partial charge >= 0.3 is 0 Å². The average molecular weight is 341 g/mol. The summed E-state index contributed by atoms with van der Waals surface area (Å²) < 4.78 is 5.54. The SMILES string of the molecule is COc1cc(C)c2c(c1)CC1C2(C)CCC2C(C)(C)C(=O)CCC21C. The summed E-state index contributed by atoms with van der Waals surface area (Å²) in [7, 11) is 1.76. The first-order valence-corrected chi connectivity index (χ1v) is 9.86. The van der Waals surface area contributed by atoms with Gasteiger partial charge in [-0.3, -0.25) is 4.79 Å². The van der Waals surface area contributed by atoms with Crippen molar-refractivity contribution in [3.05, 3.63) is 28.8 Å². The van der Waals surface area contributed by atoms with Crippen LogP contribution < -0.4 is 4.74 Å². The van der Waals surface area contributed by atoms with Crippen LogP contribution in [0.1, 0.15) is 70.1 Å². The van der Waals surface area contributed by atoms with Crippen molar-refractivity contribution in [1.29, 1.82) is 0 Å². The van der Waals surface area contributed by atoms with Crippen molar-refractivity contribution in [3.63, 3.8) is 0 Å². The lowest BCUT2D eigenvalue weighted by Crippen LogP contribution is -2.57. The summed E-state index contributed by atoms with van der Waals surface area (Å²) in [5.74, 6) is 2.61. The molecule has 1 aromatic carbocycles. The number of ketones is 1. The Labute approximate surface area is 152 Å². The normalized spacial score (nSPS) is 38.7. The molecule has 0 amide bonds. The minimum Gasteiger partial charge on any atom is -0.497 e. The van der Waals surface area contributed by atoms with Crippen LogP contribution in [0.3, 0.4) is 0 Å². The predicted molar refractivity (Wildman–Crippen MR) is 101 cm³/mol. The van der Waals surface area contributed by atoms with Crippen molar-refractivity contribution in [2.75, 3.05) is 7.11 Å². The number of ether oxygens (including phenoxy) is 1. The van der Waals surface area contributed by atoms with Gasteiger partial charge in [-0.15, -0.1) is 0 Å². The molecule has 4 unspecified atom stereocenters. The van der Waals surface area contributed by atoms with Crippen LogP contribution in [0.2, 0.25) is 0 Å². The maximum atomic E-state index is 12.6. The zero-order chi connectivity index (χ0) is 18.2. The number of rotatable bonds is 1. The maximum absolute atomic E-state index is 12.6. The topological polar surface area (TPSA) is 26.3 Å². The lowest BCUT2D eigenvalue weighted by Gasteiger charge is -2.60. The summed E-state index contributed by atoms with van der Waals surface area (Å²) in [6, 6.07) is 4.47. The lowest BCUT2D eigenvalue weighted by molar-refractivity contribution is -0.151. The third-order valence-electron chi connectivity index (χ3n) is 8.42. The molecular formula is C23H32O2. The van der Waals surface area contributed by atoms with Crippen molar-refractivity contribution in [1.82, 2.24) is 0 Å². The molecule has 0 saturated heterocycles. The van der Waals surface area contributed by atoms with E-state index in [1.165, 1.54) is 24.0 Å². The second kappa shape index (κ2) is 5.11. The van der Waals surface area contributed by atoms with Crippen LogP contribution in [-0.4, -0.2) is 12.9 Å². The highest BCUT2D eigenvalue weighted by Gasteiger charge is 2.62. The van der Waals surface area contributed by atoms with Gasteiger partial charge < -0.3 is 4.74 Å². The fourth-order valence-corrected chi connectivity index (χ4v) is 7.25. The fraction of sp³-hybridized carbons (Fsp3) is 0.696. The highest BCUT2D eigenvalue weighted by atomic mass is 16.5. The van der Waals surface area contributed by atoms with Gasteiger partial charge in [-0.1, -0.05) is 27.7 Å². The maximum Gasteiger partial charge on any atom is 0.138 e. The van der Waals surface area contributed by atoms with Crippen molar-refractivity contribution in [2.24, 2.45) is 22.7 Å². The third kappa shape index (κ3) is 2.06. The number of hydrogen-bond donors (Lipinski definition) is 0. The van der Waals surface area contributed by atoms with Gasteiger partial charge in [0.1, 0.15) is 11.5 Å². The number of methoxy groups -OCH3 is 1. The van der Waals surface area contributed by atoms with Crippen LogP contribution in [0.5, 0.6) is 5.75 Å². The molecule has 0 aliphatic heterocycles. The molecule has 3 aliphatic rings. The summed E-state index contributed by atoms with van der Waals surface area (Å²) in [5.41, 5.74) is 4.77. The number of carbonyl (C=O) groups excluding carboxylic acids is 1. The second-order valence-electron chi connectivity index (χ2n) is 9.89. The molecule has 0 radical (unpaired) electrons. The van der Waals surface area contributed by atoms with Gasteiger partial charge in [0.25, 0.3) is 0 Å². The van der Waals surface area contributed by atoms with Gasteiger partial charge in [-0.25, -0.2) is 0 Å². The summed E-state index contributed by atoms with van der Waals surface area (Å²) >= 11 is 0. The van der Waals surface area contributed by atoms with Gasteiger partial charge in [-0.05, 0) is 84.1 Å². The Morgan fingerprint density at radius 3 is 2.48 bits per heavy atom. The first-order valence-electron chi connectivity index (χ1n) is 9.86. The monoisotopic (exact) mass is 340 g/mol. The second-order valence-corrected chi connectivity index (χ2v) is 9.89. The number of fused-ring (bicyclic) bond motifs is 5. The lowest BCUT2D eigenvalue weighted by atomic mass is 9.43. The number of aryl methyl sites for hydroxylation is 1. The minimum absolute atomic E-state index is 0.171. The highest BCUT2D eigenvalue weighted by molar-refractivity contribution is 5.85. The fourth-order valence-electron chi connectivity index (χ4n) is 7.25. The average Bonchev–Trinajstić information content (AvgIpc) is 2.86. The van der Waals surface area contributed by atoms with E-state index in [-0.39, 0.29) is 16.2 Å². The molecule has 3 aliphatic carbocycles. The molecule has 2 heteroatoms. The van der Waals surface area contributed by atoms with Gasteiger partial charge in [0, 0.05) is 11.8 Å². The van der Waals surface area contributed by atoms with Crippen LogP contribution in [0, 0.1) is 29.6 Å². The molecule has 0 N–H and O–H groups in total. The third-order valence-corrected chi connectivity index (χ3v) is 8.42. The van der Waals surface area contributed by atoms with E-state index in [1.54, 1.807) is 12.7 Å². The number of Topliss-reactive ketones (excluding diaryl/α,β-unsaturated/α-hetero) is 1. The predicted octanol–water partition coefficient (Wildman–Crippen LogP) is 5.24. The van der Waals surface area contributed by atoms with Crippen molar-refractivity contribution in [3.8, 4) is 5.75 Å². The molecule has 2 fully saturated rings. The molecule has 0 heterocycles. The molecule has 2 saturated carbocycles. The Morgan fingerprint density at radius 2 is 1.80 bits per heavy atom. The van der Waals surface area contributed by atoms with E-state index >= 15 is 0 Å². The number of benzene rings is 1. The quantitative estimate of drug-likeness (QED) is 0.699. The van der Waals surface area contributed by atoms with Gasteiger partial charge in [-0.2, -0.15) is 0 Å². The number of carbonyl (C=O) groups is 1. The molecule has 25 heavy (non-hydrogen) atoms. The van der Waals surface area contributed by atoms with E-state index in [0.29, 0.717) is 17.6 Å². The summed E-state index contributed by atoms with van der Waals surface area (Å²) in [4.78, 5) is 12.6.